The highest BCUT2D eigenvalue weighted by Crippen LogP contribution is 2.37. The van der Waals surface area contributed by atoms with E-state index in [2.05, 4.69) is 0 Å². The van der Waals surface area contributed by atoms with Gasteiger partial charge in [0.15, 0.2) is 14.6 Å². The molecule has 174 valence electrons. The Labute approximate surface area is 188 Å². The van der Waals surface area contributed by atoms with Gasteiger partial charge in [-0.05, 0) is 74.9 Å². The van der Waals surface area contributed by atoms with Gasteiger partial charge in [-0.2, -0.15) is 13.2 Å². The van der Waals surface area contributed by atoms with Gasteiger partial charge in [-0.1, -0.05) is 23.9 Å². The quantitative estimate of drug-likeness (QED) is 0.477. The van der Waals surface area contributed by atoms with Crippen molar-refractivity contribution < 1.29 is 31.6 Å². The van der Waals surface area contributed by atoms with Crippen LogP contribution >= 0.6 is 11.8 Å². The molecule has 0 saturated carbocycles. The van der Waals surface area contributed by atoms with Crippen LogP contribution in [0.5, 0.6) is 0 Å². The fourth-order valence-corrected chi connectivity index (χ4v) is 6.43. The van der Waals surface area contributed by atoms with Crippen molar-refractivity contribution in [3.63, 3.8) is 0 Å². The minimum absolute atomic E-state index is 0.0319. The van der Waals surface area contributed by atoms with Gasteiger partial charge >= 0.3 is 6.18 Å². The van der Waals surface area contributed by atoms with Crippen LogP contribution in [0.25, 0.3) is 0 Å². The molecule has 0 radical (unpaired) electrons. The van der Waals surface area contributed by atoms with Crippen molar-refractivity contribution in [1.82, 2.24) is 10.4 Å². The molecular formula is C21H23F3N2O4S2. The van der Waals surface area contributed by atoms with Gasteiger partial charge in [-0.25, -0.2) is 13.9 Å². The normalized spacial score (nSPS) is 17.2. The van der Waals surface area contributed by atoms with Gasteiger partial charge in [0.25, 0.3) is 5.91 Å². The van der Waals surface area contributed by atoms with Crippen molar-refractivity contribution in [1.29, 1.82) is 0 Å². The number of hydrogen-bond acceptors (Lipinski definition) is 6. The third-order valence-electron chi connectivity index (χ3n) is 5.52. The molecule has 1 aliphatic heterocycles. The van der Waals surface area contributed by atoms with Crippen LogP contribution in [0.3, 0.4) is 0 Å². The number of nitrogens with zero attached hydrogens (tertiary/aromatic N) is 1. The van der Waals surface area contributed by atoms with Gasteiger partial charge in [-0.3, -0.25) is 10.0 Å². The summed E-state index contributed by atoms with van der Waals surface area (Å²) in [5, 5.41) is 9.18. The molecule has 2 aromatic carbocycles. The topological polar surface area (TPSA) is 86.7 Å². The van der Waals surface area contributed by atoms with Crippen molar-refractivity contribution in [2.45, 2.75) is 44.9 Å². The van der Waals surface area contributed by atoms with Crippen LogP contribution in [0.4, 0.5) is 13.2 Å². The molecule has 0 atom stereocenters. The van der Waals surface area contributed by atoms with Gasteiger partial charge in [-0.15, -0.1) is 0 Å². The summed E-state index contributed by atoms with van der Waals surface area (Å²) in [6, 6.07) is 11.9. The molecule has 32 heavy (non-hydrogen) atoms. The summed E-state index contributed by atoms with van der Waals surface area (Å²) < 4.78 is 62.4. The number of halogens is 3. The van der Waals surface area contributed by atoms with Crippen LogP contribution in [0, 0.1) is 0 Å². The van der Waals surface area contributed by atoms with Crippen LogP contribution < -0.4 is 5.48 Å². The average molecular weight is 489 g/mol. The Morgan fingerprint density at radius 2 is 1.56 bits per heavy atom. The van der Waals surface area contributed by atoms with Crippen LogP contribution in [0.1, 0.15) is 18.4 Å². The number of carbonyl (C=O) groups is 1. The van der Waals surface area contributed by atoms with E-state index >= 15 is 0 Å². The maximum atomic E-state index is 13.3. The molecule has 1 heterocycles. The van der Waals surface area contributed by atoms with Crippen molar-refractivity contribution >= 4 is 27.5 Å². The Bertz CT molecular complexity index is 1050. The van der Waals surface area contributed by atoms with E-state index in [1.165, 1.54) is 41.5 Å². The standard InChI is InChI=1S/C21H23F3N2O4S2/c1-26-12-10-20(11-13-26,19(27)25-28)32(29,30)18-8-6-17(7-9-18)31-16-4-2-15(3-5-16)14-21(22,23)24/h2-9,28H,10-14H2,1H3,(H,25,27). The summed E-state index contributed by atoms with van der Waals surface area (Å²) >= 11 is 1.28. The fraction of sp³-hybridized carbons (Fsp3) is 0.381. The highest BCUT2D eigenvalue weighted by molar-refractivity contribution is 7.99. The molecule has 1 aliphatic rings. The summed E-state index contributed by atoms with van der Waals surface area (Å²) in [4.78, 5) is 15.7. The van der Waals surface area contributed by atoms with E-state index in [-0.39, 0.29) is 23.3 Å². The molecule has 1 amide bonds. The first-order chi connectivity index (χ1) is 15.0. The Balaban J connectivity index is 1.79. The largest absolute Gasteiger partial charge is 0.393 e. The second-order valence-electron chi connectivity index (χ2n) is 7.75. The minimum atomic E-state index is -4.27. The van der Waals surface area contributed by atoms with Crippen molar-refractivity contribution in [2.24, 2.45) is 0 Å². The molecular weight excluding hydrogens is 465 g/mol. The number of amides is 1. The summed E-state index contributed by atoms with van der Waals surface area (Å²) in [5.74, 6) is -0.942. The maximum Gasteiger partial charge on any atom is 0.393 e. The molecule has 1 saturated heterocycles. The molecule has 3 rings (SSSR count). The molecule has 11 heteroatoms. The number of hydroxylamine groups is 1. The number of rotatable bonds is 6. The smallest absolute Gasteiger partial charge is 0.306 e. The number of sulfone groups is 1. The number of carbonyl (C=O) groups excluding carboxylic acids is 1. The number of likely N-dealkylation sites (tertiary alicyclic amines) is 1. The number of hydrogen-bond donors (Lipinski definition) is 2. The van der Waals surface area contributed by atoms with E-state index < -0.39 is 33.1 Å². The Kier molecular flexibility index (Phi) is 7.23. The second kappa shape index (κ2) is 9.42. The van der Waals surface area contributed by atoms with E-state index in [4.69, 9.17) is 0 Å². The lowest BCUT2D eigenvalue weighted by atomic mass is 9.95. The predicted octanol–water partition coefficient (Wildman–Crippen LogP) is 3.69. The summed E-state index contributed by atoms with van der Waals surface area (Å²) in [5.41, 5.74) is 1.68. The maximum absolute atomic E-state index is 13.3. The zero-order valence-corrected chi connectivity index (χ0v) is 18.9. The van der Waals surface area contributed by atoms with Crippen molar-refractivity contribution in [3.8, 4) is 0 Å². The van der Waals surface area contributed by atoms with Crippen molar-refractivity contribution in [2.75, 3.05) is 20.1 Å². The lowest BCUT2D eigenvalue weighted by molar-refractivity contribution is -0.133. The van der Waals surface area contributed by atoms with Gasteiger partial charge < -0.3 is 4.90 Å². The first-order valence-corrected chi connectivity index (χ1v) is 12.1. The first kappa shape index (κ1) is 24.6. The van der Waals surface area contributed by atoms with E-state index in [1.54, 1.807) is 24.3 Å². The monoisotopic (exact) mass is 488 g/mol. The van der Waals surface area contributed by atoms with E-state index in [0.717, 1.165) is 0 Å². The van der Waals surface area contributed by atoms with Crippen LogP contribution in [-0.4, -0.2) is 55.5 Å². The van der Waals surface area contributed by atoms with Crippen LogP contribution in [0.2, 0.25) is 0 Å². The Morgan fingerprint density at radius 3 is 2.03 bits per heavy atom. The molecule has 0 aliphatic carbocycles. The Morgan fingerprint density at radius 1 is 1.06 bits per heavy atom. The number of nitrogens with one attached hydrogen (secondary N) is 1. The van der Waals surface area contributed by atoms with Crippen molar-refractivity contribution in [3.05, 3.63) is 54.1 Å². The summed E-state index contributed by atoms with van der Waals surface area (Å²) in [7, 11) is -2.26. The van der Waals surface area contributed by atoms with E-state index in [0.29, 0.717) is 22.9 Å². The minimum Gasteiger partial charge on any atom is -0.306 e. The Hall–Kier alpha value is -2.08. The van der Waals surface area contributed by atoms with Crippen LogP contribution in [-0.2, 0) is 21.1 Å². The molecule has 0 spiro atoms. The number of alkyl halides is 3. The number of piperidine rings is 1. The highest BCUT2D eigenvalue weighted by atomic mass is 32.2. The van der Waals surface area contributed by atoms with Crippen LogP contribution in [0.15, 0.2) is 63.2 Å². The molecule has 2 aromatic rings. The SMILES string of the molecule is CN1CCC(C(=O)NO)(S(=O)(=O)c2ccc(Sc3ccc(CC(F)(F)F)cc3)cc2)CC1. The lowest BCUT2D eigenvalue weighted by Crippen LogP contribution is -2.57. The molecule has 0 bridgehead atoms. The van der Waals surface area contributed by atoms with Gasteiger partial charge in [0.2, 0.25) is 0 Å². The molecule has 0 aromatic heterocycles. The fourth-order valence-electron chi connectivity index (χ4n) is 3.65. The number of benzene rings is 2. The lowest BCUT2D eigenvalue weighted by Gasteiger charge is -2.38. The van der Waals surface area contributed by atoms with Gasteiger partial charge in [0.1, 0.15) is 0 Å². The van der Waals surface area contributed by atoms with Gasteiger partial charge in [0.05, 0.1) is 11.3 Å². The van der Waals surface area contributed by atoms with Gasteiger partial charge in [0, 0.05) is 9.79 Å². The third-order valence-corrected chi connectivity index (χ3v) is 9.05. The van der Waals surface area contributed by atoms with E-state index in [1.807, 2.05) is 11.9 Å². The molecule has 6 nitrogen and oxygen atoms in total. The molecule has 2 N–H and O–H groups in total. The zero-order chi connectivity index (χ0) is 23.6. The molecule has 0 unspecified atom stereocenters. The average Bonchev–Trinajstić information content (AvgIpc) is 2.74. The second-order valence-corrected chi connectivity index (χ2v) is 11.2. The first-order valence-electron chi connectivity index (χ1n) is 9.78. The zero-order valence-electron chi connectivity index (χ0n) is 17.2. The third kappa shape index (κ3) is 5.28. The summed E-state index contributed by atoms with van der Waals surface area (Å²) in [6.07, 6.45) is -5.16. The summed E-state index contributed by atoms with van der Waals surface area (Å²) in [6.45, 7) is 0.788. The predicted molar refractivity (Wildman–Crippen MR) is 113 cm³/mol. The van der Waals surface area contributed by atoms with E-state index in [9.17, 15) is 31.6 Å². The highest BCUT2D eigenvalue weighted by Gasteiger charge is 2.52. The molecule has 1 fully saturated rings.